The third-order valence-corrected chi connectivity index (χ3v) is 3.25. The summed E-state index contributed by atoms with van der Waals surface area (Å²) in [6, 6.07) is 4.50. The minimum Gasteiger partial charge on any atom is -0.468 e. The minimum absolute atomic E-state index is 0.352. The summed E-state index contributed by atoms with van der Waals surface area (Å²) in [5.74, 6) is 1.53. The first kappa shape index (κ1) is 10.7. The number of aliphatic hydroxyl groups excluding tert-OH is 1. The molecule has 15 heavy (non-hydrogen) atoms. The van der Waals surface area contributed by atoms with E-state index < -0.39 is 0 Å². The van der Waals surface area contributed by atoms with Gasteiger partial charge in [0.25, 0.3) is 0 Å². The zero-order valence-electron chi connectivity index (χ0n) is 8.98. The summed E-state index contributed by atoms with van der Waals surface area (Å²) in [6.07, 6.45) is 6.34. The Morgan fingerprint density at radius 2 is 2.13 bits per heavy atom. The standard InChI is InChI=1S/C12H19NO2/c14-9-10-3-5-11(6-4-10)13-8-12-2-1-7-15-12/h1-2,7,10-11,13-14H,3-6,8-9H2. The van der Waals surface area contributed by atoms with Crippen molar-refractivity contribution in [2.45, 2.75) is 38.3 Å². The molecule has 2 rings (SSSR count). The largest absolute Gasteiger partial charge is 0.468 e. The second-order valence-electron chi connectivity index (χ2n) is 4.36. The van der Waals surface area contributed by atoms with Gasteiger partial charge in [-0.15, -0.1) is 0 Å². The zero-order valence-corrected chi connectivity index (χ0v) is 8.98. The molecule has 84 valence electrons. The van der Waals surface area contributed by atoms with Gasteiger partial charge in [0.15, 0.2) is 0 Å². The van der Waals surface area contributed by atoms with E-state index in [1.165, 1.54) is 12.8 Å². The molecule has 1 fully saturated rings. The van der Waals surface area contributed by atoms with Crippen molar-refractivity contribution in [1.82, 2.24) is 5.32 Å². The Labute approximate surface area is 90.5 Å². The normalized spacial score (nSPS) is 26.7. The maximum atomic E-state index is 9.02. The fourth-order valence-corrected chi connectivity index (χ4v) is 2.21. The molecule has 1 aliphatic rings. The van der Waals surface area contributed by atoms with Gasteiger partial charge < -0.3 is 14.8 Å². The van der Waals surface area contributed by atoms with Crippen LogP contribution < -0.4 is 5.32 Å². The van der Waals surface area contributed by atoms with Crippen LogP contribution in [0.25, 0.3) is 0 Å². The molecule has 0 spiro atoms. The topological polar surface area (TPSA) is 45.4 Å². The summed E-state index contributed by atoms with van der Waals surface area (Å²) in [5.41, 5.74) is 0. The second-order valence-corrected chi connectivity index (χ2v) is 4.36. The van der Waals surface area contributed by atoms with Crippen molar-refractivity contribution in [3.8, 4) is 0 Å². The van der Waals surface area contributed by atoms with Gasteiger partial charge in [-0.05, 0) is 43.7 Å². The molecule has 0 unspecified atom stereocenters. The number of furan rings is 1. The van der Waals surface area contributed by atoms with Crippen LogP contribution in [0, 0.1) is 5.92 Å². The Morgan fingerprint density at radius 1 is 1.33 bits per heavy atom. The van der Waals surface area contributed by atoms with E-state index in [0.29, 0.717) is 18.6 Å². The molecule has 1 aliphatic carbocycles. The first-order valence-electron chi connectivity index (χ1n) is 5.75. The summed E-state index contributed by atoms with van der Waals surface area (Å²) in [4.78, 5) is 0. The lowest BCUT2D eigenvalue weighted by Gasteiger charge is -2.27. The van der Waals surface area contributed by atoms with Gasteiger partial charge in [-0.2, -0.15) is 0 Å². The van der Waals surface area contributed by atoms with Crippen molar-refractivity contribution < 1.29 is 9.52 Å². The molecule has 1 saturated carbocycles. The van der Waals surface area contributed by atoms with Gasteiger partial charge in [-0.3, -0.25) is 0 Å². The highest BCUT2D eigenvalue weighted by molar-refractivity contribution is 4.97. The Balaban J connectivity index is 1.69. The zero-order chi connectivity index (χ0) is 10.5. The first-order chi connectivity index (χ1) is 7.38. The average Bonchev–Trinajstić information content (AvgIpc) is 2.80. The molecular formula is C12H19NO2. The monoisotopic (exact) mass is 209 g/mol. The fourth-order valence-electron chi connectivity index (χ4n) is 2.21. The Morgan fingerprint density at radius 3 is 2.73 bits per heavy atom. The number of aliphatic hydroxyl groups is 1. The summed E-state index contributed by atoms with van der Waals surface area (Å²) in [6.45, 7) is 1.17. The molecule has 2 N–H and O–H groups in total. The minimum atomic E-state index is 0.352. The van der Waals surface area contributed by atoms with Crippen LogP contribution in [0.1, 0.15) is 31.4 Å². The fraction of sp³-hybridized carbons (Fsp3) is 0.667. The molecule has 0 saturated heterocycles. The maximum absolute atomic E-state index is 9.02. The van der Waals surface area contributed by atoms with Crippen molar-refractivity contribution in [2.75, 3.05) is 6.61 Å². The lowest BCUT2D eigenvalue weighted by atomic mass is 9.86. The predicted octanol–water partition coefficient (Wildman–Crippen LogP) is 1.92. The Hall–Kier alpha value is -0.800. The van der Waals surface area contributed by atoms with Crippen LogP contribution in [-0.2, 0) is 6.54 Å². The van der Waals surface area contributed by atoms with Crippen molar-refractivity contribution in [2.24, 2.45) is 5.92 Å². The summed E-state index contributed by atoms with van der Waals surface area (Å²) in [7, 11) is 0. The van der Waals surface area contributed by atoms with Crippen molar-refractivity contribution >= 4 is 0 Å². The molecular weight excluding hydrogens is 190 g/mol. The van der Waals surface area contributed by atoms with E-state index in [0.717, 1.165) is 25.1 Å². The highest BCUT2D eigenvalue weighted by Crippen LogP contribution is 2.23. The number of rotatable bonds is 4. The maximum Gasteiger partial charge on any atom is 0.117 e. The highest BCUT2D eigenvalue weighted by Gasteiger charge is 2.19. The Bertz CT molecular complexity index is 263. The van der Waals surface area contributed by atoms with Gasteiger partial charge in [-0.1, -0.05) is 0 Å². The summed E-state index contributed by atoms with van der Waals surface area (Å²) >= 11 is 0. The van der Waals surface area contributed by atoms with Crippen LogP contribution in [0.15, 0.2) is 22.8 Å². The van der Waals surface area contributed by atoms with E-state index in [2.05, 4.69) is 5.32 Å². The van der Waals surface area contributed by atoms with Crippen LogP contribution in [0.2, 0.25) is 0 Å². The van der Waals surface area contributed by atoms with Crippen LogP contribution in [-0.4, -0.2) is 17.8 Å². The quantitative estimate of drug-likeness (QED) is 0.796. The number of hydrogen-bond donors (Lipinski definition) is 2. The SMILES string of the molecule is OCC1CCC(NCc2ccco2)CC1. The molecule has 3 heteroatoms. The van der Waals surface area contributed by atoms with E-state index in [1.807, 2.05) is 12.1 Å². The smallest absolute Gasteiger partial charge is 0.117 e. The van der Waals surface area contributed by atoms with E-state index in [9.17, 15) is 0 Å². The average molecular weight is 209 g/mol. The van der Waals surface area contributed by atoms with Crippen LogP contribution >= 0.6 is 0 Å². The Kier molecular flexibility index (Phi) is 3.80. The number of hydrogen-bond acceptors (Lipinski definition) is 3. The van der Waals surface area contributed by atoms with Crippen molar-refractivity contribution in [3.63, 3.8) is 0 Å². The van der Waals surface area contributed by atoms with Gasteiger partial charge in [0.05, 0.1) is 12.8 Å². The van der Waals surface area contributed by atoms with Gasteiger partial charge in [-0.25, -0.2) is 0 Å². The predicted molar refractivity (Wildman–Crippen MR) is 58.4 cm³/mol. The summed E-state index contributed by atoms with van der Waals surface area (Å²) < 4.78 is 5.26. The molecule has 1 aromatic heterocycles. The van der Waals surface area contributed by atoms with Gasteiger partial charge in [0.2, 0.25) is 0 Å². The molecule has 1 aromatic rings. The van der Waals surface area contributed by atoms with E-state index >= 15 is 0 Å². The molecule has 0 amide bonds. The third-order valence-electron chi connectivity index (χ3n) is 3.25. The highest BCUT2D eigenvalue weighted by atomic mass is 16.3. The first-order valence-corrected chi connectivity index (χ1v) is 5.75. The van der Waals surface area contributed by atoms with Gasteiger partial charge in [0.1, 0.15) is 5.76 Å². The molecule has 0 atom stereocenters. The molecule has 0 bridgehead atoms. The lowest BCUT2D eigenvalue weighted by molar-refractivity contribution is 0.174. The van der Waals surface area contributed by atoms with Crippen LogP contribution in [0.4, 0.5) is 0 Å². The van der Waals surface area contributed by atoms with E-state index in [1.54, 1.807) is 6.26 Å². The van der Waals surface area contributed by atoms with E-state index in [-0.39, 0.29) is 0 Å². The van der Waals surface area contributed by atoms with Crippen molar-refractivity contribution in [1.29, 1.82) is 0 Å². The van der Waals surface area contributed by atoms with Gasteiger partial charge >= 0.3 is 0 Å². The lowest BCUT2D eigenvalue weighted by Crippen LogP contribution is -2.33. The van der Waals surface area contributed by atoms with Gasteiger partial charge in [0, 0.05) is 12.6 Å². The third kappa shape index (κ3) is 3.08. The molecule has 0 aliphatic heterocycles. The van der Waals surface area contributed by atoms with Crippen LogP contribution in [0.5, 0.6) is 0 Å². The molecule has 3 nitrogen and oxygen atoms in total. The molecule has 0 aromatic carbocycles. The van der Waals surface area contributed by atoms with Crippen LogP contribution in [0.3, 0.4) is 0 Å². The van der Waals surface area contributed by atoms with E-state index in [4.69, 9.17) is 9.52 Å². The molecule has 1 heterocycles. The number of nitrogens with one attached hydrogen (secondary N) is 1. The molecule has 0 radical (unpaired) electrons. The summed E-state index contributed by atoms with van der Waals surface area (Å²) in [5, 5.41) is 12.5. The second kappa shape index (κ2) is 5.33. The van der Waals surface area contributed by atoms with Crippen molar-refractivity contribution in [3.05, 3.63) is 24.2 Å².